The molecule has 1 saturated carbocycles. The second-order valence-electron chi connectivity index (χ2n) is 8.58. The molecule has 2 N–H and O–H groups in total. The van der Waals surface area contributed by atoms with Crippen molar-refractivity contribution in [2.75, 3.05) is 26.2 Å². The van der Waals surface area contributed by atoms with E-state index in [0.29, 0.717) is 5.56 Å². The first kappa shape index (κ1) is 22.5. The molecule has 30 heavy (non-hydrogen) atoms. The molecule has 4 rings (SSSR count). The number of carboxylic acids is 1. The summed E-state index contributed by atoms with van der Waals surface area (Å²) >= 11 is 0. The molecule has 0 atom stereocenters. The van der Waals surface area contributed by atoms with Gasteiger partial charge >= 0.3 is 5.97 Å². The quantitative estimate of drug-likeness (QED) is 0.582. The van der Waals surface area contributed by atoms with E-state index in [1.807, 2.05) is 48.5 Å². The molecule has 0 amide bonds. The van der Waals surface area contributed by atoms with Crippen LogP contribution in [0.2, 0.25) is 0 Å². The molecule has 0 bridgehead atoms. The van der Waals surface area contributed by atoms with E-state index in [1.165, 1.54) is 70.3 Å². The summed E-state index contributed by atoms with van der Waals surface area (Å²) < 4.78 is 0. The van der Waals surface area contributed by atoms with E-state index in [9.17, 15) is 4.79 Å². The molecule has 2 fully saturated rings. The summed E-state index contributed by atoms with van der Waals surface area (Å²) in [6.45, 7) is 4.94. The van der Waals surface area contributed by atoms with Crippen LogP contribution in [0.5, 0.6) is 0 Å². The number of unbranched alkanes of at least 4 members (excludes halogenated alkanes) is 1. The second-order valence-corrected chi connectivity index (χ2v) is 8.58. The molecule has 0 spiro atoms. The number of nitrogens with zero attached hydrogens (tertiary/aromatic N) is 1. The van der Waals surface area contributed by atoms with Gasteiger partial charge in [0.2, 0.25) is 0 Å². The summed E-state index contributed by atoms with van der Waals surface area (Å²) in [6, 6.07) is 20.1. The molecular formula is C26H36N2O2. The average molecular weight is 409 g/mol. The molecule has 0 radical (unpaired) electrons. The van der Waals surface area contributed by atoms with Crippen molar-refractivity contribution in [2.24, 2.45) is 5.92 Å². The Labute approximate surface area is 181 Å². The van der Waals surface area contributed by atoms with E-state index in [4.69, 9.17) is 5.11 Å². The van der Waals surface area contributed by atoms with Gasteiger partial charge in [0.15, 0.2) is 0 Å². The van der Waals surface area contributed by atoms with Gasteiger partial charge in [-0.3, -0.25) is 0 Å². The van der Waals surface area contributed by atoms with E-state index in [2.05, 4.69) is 10.2 Å². The number of carboxylic acid groups (broad SMARTS) is 1. The summed E-state index contributed by atoms with van der Waals surface area (Å²) in [6.07, 6.45) is 8.91. The molecule has 2 aromatic carbocycles. The Morgan fingerprint density at radius 1 is 0.900 bits per heavy atom. The van der Waals surface area contributed by atoms with Crippen LogP contribution in [0.3, 0.4) is 0 Å². The molecule has 162 valence electrons. The van der Waals surface area contributed by atoms with E-state index in [1.54, 1.807) is 12.1 Å². The minimum atomic E-state index is -0.850. The second kappa shape index (κ2) is 12.5. The summed E-state index contributed by atoms with van der Waals surface area (Å²) in [7, 11) is 0. The Morgan fingerprint density at radius 3 is 2.03 bits per heavy atom. The third-order valence-corrected chi connectivity index (χ3v) is 6.04. The van der Waals surface area contributed by atoms with Crippen molar-refractivity contribution in [2.45, 2.75) is 51.0 Å². The van der Waals surface area contributed by atoms with Gasteiger partial charge in [0.25, 0.3) is 0 Å². The third kappa shape index (κ3) is 8.68. The molecule has 1 aliphatic carbocycles. The molecule has 1 heterocycles. The molecule has 1 saturated heterocycles. The van der Waals surface area contributed by atoms with Crippen LogP contribution >= 0.6 is 0 Å². The molecule has 2 aromatic rings. The number of nitrogens with one attached hydrogen (secondary N) is 1. The maximum atomic E-state index is 10.8. The lowest BCUT2D eigenvalue weighted by atomic mass is 9.96. The number of likely N-dealkylation sites (tertiary alicyclic amines) is 1. The topological polar surface area (TPSA) is 52.6 Å². The number of benzene rings is 2. The molecule has 0 unspecified atom stereocenters. The molecular weight excluding hydrogens is 372 g/mol. The highest BCUT2D eigenvalue weighted by molar-refractivity contribution is 5.87. The van der Waals surface area contributed by atoms with Gasteiger partial charge in [-0.05, 0) is 94.7 Å². The monoisotopic (exact) mass is 408 g/mol. The van der Waals surface area contributed by atoms with Crippen molar-refractivity contribution in [1.29, 1.82) is 0 Å². The van der Waals surface area contributed by atoms with Crippen LogP contribution < -0.4 is 5.32 Å². The third-order valence-electron chi connectivity index (χ3n) is 6.04. The molecule has 2 aliphatic rings. The van der Waals surface area contributed by atoms with Gasteiger partial charge in [-0.25, -0.2) is 4.79 Å². The lowest BCUT2D eigenvalue weighted by Gasteiger charge is -2.32. The van der Waals surface area contributed by atoms with Gasteiger partial charge in [-0.1, -0.05) is 48.5 Å². The number of hydrogen-bond acceptors (Lipinski definition) is 3. The van der Waals surface area contributed by atoms with Crippen molar-refractivity contribution in [3.63, 3.8) is 0 Å². The smallest absolute Gasteiger partial charge is 0.335 e. The van der Waals surface area contributed by atoms with Crippen molar-refractivity contribution in [1.82, 2.24) is 10.2 Å². The Balaban J connectivity index is 0.000000367. The SMILES string of the molecule is O=C(O)c1ccc(CCCCN2CCC(CNC3CC3)CC2)cc1.c1ccccc1. The zero-order valence-corrected chi connectivity index (χ0v) is 18.0. The van der Waals surface area contributed by atoms with E-state index >= 15 is 0 Å². The summed E-state index contributed by atoms with van der Waals surface area (Å²) in [5.74, 6) is 0.0342. The first-order valence-electron chi connectivity index (χ1n) is 11.5. The predicted octanol–water partition coefficient (Wildman–Crippen LogP) is 4.86. The fourth-order valence-corrected chi connectivity index (χ4v) is 3.90. The summed E-state index contributed by atoms with van der Waals surface area (Å²) in [4.78, 5) is 13.5. The number of rotatable bonds is 9. The highest BCUT2D eigenvalue weighted by atomic mass is 16.4. The average Bonchev–Trinajstić information content (AvgIpc) is 3.63. The fourth-order valence-electron chi connectivity index (χ4n) is 3.90. The maximum absolute atomic E-state index is 10.8. The Hall–Kier alpha value is -2.17. The zero-order valence-electron chi connectivity index (χ0n) is 18.0. The predicted molar refractivity (Wildman–Crippen MR) is 123 cm³/mol. The Morgan fingerprint density at radius 2 is 1.50 bits per heavy atom. The fraction of sp³-hybridized carbons (Fsp3) is 0.500. The van der Waals surface area contributed by atoms with Crippen LogP contribution in [-0.2, 0) is 6.42 Å². The van der Waals surface area contributed by atoms with Crippen molar-refractivity contribution in [3.05, 3.63) is 71.8 Å². The van der Waals surface area contributed by atoms with Crippen molar-refractivity contribution >= 4 is 5.97 Å². The lowest BCUT2D eigenvalue weighted by molar-refractivity contribution is 0.0697. The van der Waals surface area contributed by atoms with E-state index < -0.39 is 5.97 Å². The van der Waals surface area contributed by atoms with Crippen LogP contribution in [0, 0.1) is 5.92 Å². The first-order valence-corrected chi connectivity index (χ1v) is 11.5. The molecule has 1 aliphatic heterocycles. The van der Waals surface area contributed by atoms with Crippen LogP contribution in [0.25, 0.3) is 0 Å². The van der Waals surface area contributed by atoms with Crippen LogP contribution in [0.1, 0.15) is 54.4 Å². The first-order chi connectivity index (χ1) is 14.7. The number of hydrogen-bond donors (Lipinski definition) is 2. The largest absolute Gasteiger partial charge is 0.478 e. The van der Waals surface area contributed by atoms with Gasteiger partial charge in [0.05, 0.1) is 5.56 Å². The highest BCUT2D eigenvalue weighted by Crippen LogP contribution is 2.22. The Kier molecular flexibility index (Phi) is 9.39. The summed E-state index contributed by atoms with van der Waals surface area (Å²) in [5.41, 5.74) is 1.61. The van der Waals surface area contributed by atoms with Crippen molar-refractivity contribution < 1.29 is 9.90 Å². The normalized spacial score (nSPS) is 17.2. The lowest BCUT2D eigenvalue weighted by Crippen LogP contribution is -2.38. The maximum Gasteiger partial charge on any atom is 0.335 e. The number of piperidine rings is 1. The van der Waals surface area contributed by atoms with Gasteiger partial charge in [-0.2, -0.15) is 0 Å². The van der Waals surface area contributed by atoms with Gasteiger partial charge < -0.3 is 15.3 Å². The highest BCUT2D eigenvalue weighted by Gasteiger charge is 2.24. The van der Waals surface area contributed by atoms with Gasteiger partial charge in [0, 0.05) is 6.04 Å². The van der Waals surface area contributed by atoms with E-state index in [0.717, 1.165) is 18.4 Å². The summed E-state index contributed by atoms with van der Waals surface area (Å²) in [5, 5.41) is 12.6. The van der Waals surface area contributed by atoms with Gasteiger partial charge in [0.1, 0.15) is 0 Å². The molecule has 0 aromatic heterocycles. The minimum absolute atomic E-state index is 0.373. The number of aromatic carboxylic acids is 1. The van der Waals surface area contributed by atoms with Gasteiger partial charge in [-0.15, -0.1) is 0 Å². The number of carbonyl (C=O) groups is 1. The molecule has 4 heteroatoms. The molecule has 4 nitrogen and oxygen atoms in total. The van der Waals surface area contributed by atoms with Crippen LogP contribution in [0.4, 0.5) is 0 Å². The standard InChI is InChI=1S/C20H30N2O2.C6H6/c23-20(24)18-6-4-16(5-7-18)3-1-2-12-22-13-10-17(11-14-22)15-21-19-8-9-19;1-2-4-6-5-3-1/h4-7,17,19,21H,1-3,8-15H2,(H,23,24);1-6H. The van der Waals surface area contributed by atoms with Crippen molar-refractivity contribution in [3.8, 4) is 0 Å². The Bertz CT molecular complexity index is 694. The van der Waals surface area contributed by atoms with E-state index in [-0.39, 0.29) is 0 Å². The zero-order chi connectivity index (χ0) is 21.0. The minimum Gasteiger partial charge on any atom is -0.478 e. The number of aryl methyl sites for hydroxylation is 1. The van der Waals surface area contributed by atoms with Crippen LogP contribution in [-0.4, -0.2) is 48.2 Å². The van der Waals surface area contributed by atoms with Crippen LogP contribution in [0.15, 0.2) is 60.7 Å².